The number of aliphatic imine (C=N–C) groups is 1. The van der Waals surface area contributed by atoms with E-state index < -0.39 is 0 Å². The van der Waals surface area contributed by atoms with Gasteiger partial charge in [0.1, 0.15) is 17.0 Å². The summed E-state index contributed by atoms with van der Waals surface area (Å²) in [5, 5.41) is 6.91. The molecule has 0 radical (unpaired) electrons. The highest BCUT2D eigenvalue weighted by molar-refractivity contribution is 7.80. The Hall–Kier alpha value is -2.41. The van der Waals surface area contributed by atoms with Gasteiger partial charge in [-0.15, -0.1) is 0 Å². The second kappa shape index (κ2) is 6.00. The summed E-state index contributed by atoms with van der Waals surface area (Å²) in [4.78, 5) is 17.8. The molecule has 1 aliphatic heterocycles. The maximum absolute atomic E-state index is 5.29. The van der Waals surface area contributed by atoms with Crippen LogP contribution in [0.1, 0.15) is 25.0 Å². The van der Waals surface area contributed by atoms with Crippen LogP contribution >= 0.6 is 12.2 Å². The van der Waals surface area contributed by atoms with Crippen molar-refractivity contribution in [3.05, 3.63) is 36.3 Å². The smallest absolute Gasteiger partial charge is 0.180 e. The van der Waals surface area contributed by atoms with Crippen molar-refractivity contribution < 1.29 is 0 Å². The number of hydrogen-bond acceptors (Lipinski definition) is 5. The van der Waals surface area contributed by atoms with E-state index in [-0.39, 0.29) is 0 Å². The third-order valence-electron chi connectivity index (χ3n) is 3.84. The first kappa shape index (κ1) is 14.2. The van der Waals surface area contributed by atoms with E-state index in [2.05, 4.69) is 30.6 Å². The van der Waals surface area contributed by atoms with Crippen molar-refractivity contribution in [2.75, 3.05) is 11.9 Å². The van der Waals surface area contributed by atoms with Gasteiger partial charge < -0.3 is 10.6 Å². The average molecular weight is 324 g/mol. The number of fused-ring (bicyclic) bond motifs is 1. The predicted octanol–water partition coefficient (Wildman–Crippen LogP) is 2.43. The van der Waals surface area contributed by atoms with Gasteiger partial charge in [-0.25, -0.2) is 9.97 Å². The molecule has 7 heteroatoms. The van der Waals surface area contributed by atoms with Gasteiger partial charge in [0.15, 0.2) is 10.8 Å². The normalized spacial score (nSPS) is 16.4. The Balaban J connectivity index is 1.52. The molecule has 1 aliphatic carbocycles. The summed E-state index contributed by atoms with van der Waals surface area (Å²) in [6.07, 6.45) is 8.90. The zero-order chi connectivity index (χ0) is 15.6. The van der Waals surface area contributed by atoms with Gasteiger partial charge in [0.05, 0.1) is 11.9 Å². The van der Waals surface area contributed by atoms with Gasteiger partial charge in [0, 0.05) is 19.2 Å². The van der Waals surface area contributed by atoms with Crippen LogP contribution in [0, 0.1) is 5.92 Å². The van der Waals surface area contributed by atoms with Crippen molar-refractivity contribution in [3.8, 4) is 0 Å². The van der Waals surface area contributed by atoms with Crippen molar-refractivity contribution in [3.63, 3.8) is 0 Å². The van der Waals surface area contributed by atoms with Crippen molar-refractivity contribution in [1.29, 1.82) is 0 Å². The van der Waals surface area contributed by atoms with Crippen molar-refractivity contribution in [1.82, 2.24) is 20.3 Å². The summed E-state index contributed by atoms with van der Waals surface area (Å²) in [5.74, 6) is 1.44. The Morgan fingerprint density at radius 2 is 2.17 bits per heavy atom. The fourth-order valence-electron chi connectivity index (χ4n) is 2.36. The van der Waals surface area contributed by atoms with Gasteiger partial charge in [-0.3, -0.25) is 9.98 Å². The SMILES string of the molecule is S=C(NCC1CC1)Nc1ccc2ncc(C3=NC=CC3)nc2n1. The number of aromatic nitrogens is 3. The molecule has 1 saturated carbocycles. The molecule has 6 nitrogen and oxygen atoms in total. The fraction of sp³-hybridized carbons (Fsp3) is 0.312. The molecule has 0 atom stereocenters. The third kappa shape index (κ3) is 3.34. The summed E-state index contributed by atoms with van der Waals surface area (Å²) >= 11 is 5.29. The van der Waals surface area contributed by atoms with Crippen molar-refractivity contribution in [2.24, 2.45) is 10.9 Å². The molecule has 0 bridgehead atoms. The number of hydrogen-bond donors (Lipinski definition) is 2. The molecule has 0 spiro atoms. The largest absolute Gasteiger partial charge is 0.362 e. The van der Waals surface area contributed by atoms with Crippen LogP contribution in [-0.2, 0) is 0 Å². The molecule has 0 aromatic carbocycles. The van der Waals surface area contributed by atoms with Crippen LogP contribution < -0.4 is 10.6 Å². The molecule has 1 fully saturated rings. The lowest BCUT2D eigenvalue weighted by molar-refractivity contribution is 0.777. The van der Waals surface area contributed by atoms with E-state index in [0.717, 1.165) is 35.8 Å². The van der Waals surface area contributed by atoms with Crippen LogP contribution in [-0.4, -0.2) is 32.3 Å². The van der Waals surface area contributed by atoms with Crippen LogP contribution in [0.15, 0.2) is 35.6 Å². The van der Waals surface area contributed by atoms with Gasteiger partial charge in [0.25, 0.3) is 0 Å². The van der Waals surface area contributed by atoms with Crippen molar-refractivity contribution >= 4 is 40.0 Å². The first-order chi connectivity index (χ1) is 11.3. The number of anilines is 1. The van der Waals surface area contributed by atoms with Crippen molar-refractivity contribution in [2.45, 2.75) is 19.3 Å². The van der Waals surface area contributed by atoms with Crippen LogP contribution in [0.4, 0.5) is 5.82 Å². The Morgan fingerprint density at radius 3 is 2.96 bits per heavy atom. The lowest BCUT2D eigenvalue weighted by Gasteiger charge is -2.09. The second-order valence-corrected chi connectivity index (χ2v) is 6.15. The minimum absolute atomic E-state index is 0.590. The van der Waals surface area contributed by atoms with Gasteiger partial charge in [0.2, 0.25) is 0 Å². The molecule has 23 heavy (non-hydrogen) atoms. The maximum atomic E-state index is 5.29. The molecule has 2 aliphatic rings. The summed E-state index contributed by atoms with van der Waals surface area (Å²) in [6, 6.07) is 3.75. The van der Waals surface area contributed by atoms with Gasteiger partial charge in [-0.2, -0.15) is 0 Å². The standard InChI is InChI=1S/C16H16N6S/c23-16(19-8-10-3-4-10)22-14-6-5-12-15(21-14)20-13(9-18-12)11-2-1-7-17-11/h1,5-7,9-10H,2-4,8H2,(H2,19,20,21,22,23). The highest BCUT2D eigenvalue weighted by Crippen LogP contribution is 2.27. The first-order valence-electron chi connectivity index (χ1n) is 7.68. The summed E-state index contributed by atoms with van der Waals surface area (Å²) in [5.41, 5.74) is 3.03. The topological polar surface area (TPSA) is 75.1 Å². The van der Waals surface area contributed by atoms with E-state index in [1.165, 1.54) is 12.8 Å². The van der Waals surface area contributed by atoms with E-state index in [1.54, 1.807) is 12.4 Å². The van der Waals surface area contributed by atoms with Crippen LogP contribution in [0.2, 0.25) is 0 Å². The molecular weight excluding hydrogens is 308 g/mol. The monoisotopic (exact) mass is 324 g/mol. The average Bonchev–Trinajstić information content (AvgIpc) is 3.24. The molecule has 4 rings (SSSR count). The lowest BCUT2D eigenvalue weighted by Crippen LogP contribution is -2.30. The molecular formula is C16H16N6S. The molecule has 116 valence electrons. The Morgan fingerprint density at radius 1 is 1.26 bits per heavy atom. The first-order valence-corrected chi connectivity index (χ1v) is 8.09. The molecule has 2 aromatic heterocycles. The van der Waals surface area contributed by atoms with Crippen LogP contribution in [0.25, 0.3) is 11.2 Å². The Kier molecular flexibility index (Phi) is 3.70. The van der Waals surface area contributed by atoms with Crippen LogP contribution in [0.5, 0.6) is 0 Å². The van der Waals surface area contributed by atoms with E-state index in [4.69, 9.17) is 12.2 Å². The molecule has 0 amide bonds. The zero-order valence-corrected chi connectivity index (χ0v) is 13.3. The van der Waals surface area contributed by atoms with Gasteiger partial charge >= 0.3 is 0 Å². The highest BCUT2D eigenvalue weighted by atomic mass is 32.1. The number of rotatable bonds is 4. The number of nitrogens with one attached hydrogen (secondary N) is 2. The molecule has 0 saturated heterocycles. The predicted molar refractivity (Wildman–Crippen MR) is 94.6 cm³/mol. The minimum atomic E-state index is 0.590. The van der Waals surface area contributed by atoms with E-state index >= 15 is 0 Å². The third-order valence-corrected chi connectivity index (χ3v) is 4.09. The second-order valence-electron chi connectivity index (χ2n) is 5.74. The fourth-order valence-corrected chi connectivity index (χ4v) is 2.54. The molecule has 2 N–H and O–H groups in total. The maximum Gasteiger partial charge on any atom is 0.180 e. The molecule has 0 unspecified atom stereocenters. The van der Waals surface area contributed by atoms with E-state index in [1.807, 2.05) is 18.2 Å². The van der Waals surface area contributed by atoms with Gasteiger partial charge in [-0.1, -0.05) is 6.08 Å². The van der Waals surface area contributed by atoms with Gasteiger partial charge in [-0.05, 0) is 43.1 Å². The van der Waals surface area contributed by atoms with E-state index in [9.17, 15) is 0 Å². The summed E-state index contributed by atoms with van der Waals surface area (Å²) in [7, 11) is 0. The van der Waals surface area contributed by atoms with Crippen LogP contribution in [0.3, 0.4) is 0 Å². The lowest BCUT2D eigenvalue weighted by atomic mass is 10.2. The Labute approximate surface area is 139 Å². The molecule has 2 aromatic rings. The number of allylic oxidation sites excluding steroid dienone is 1. The summed E-state index contributed by atoms with van der Waals surface area (Å²) in [6.45, 7) is 0.927. The summed E-state index contributed by atoms with van der Waals surface area (Å²) < 4.78 is 0. The Bertz CT molecular complexity index is 824. The molecule has 3 heterocycles. The number of nitrogens with zero attached hydrogens (tertiary/aromatic N) is 4. The highest BCUT2D eigenvalue weighted by Gasteiger charge is 2.21. The quantitative estimate of drug-likeness (QED) is 0.841. The zero-order valence-electron chi connectivity index (χ0n) is 12.5. The number of pyridine rings is 1. The van der Waals surface area contributed by atoms with E-state index in [0.29, 0.717) is 16.6 Å². The number of thiocarbonyl (C=S) groups is 1. The minimum Gasteiger partial charge on any atom is -0.362 e.